The zero-order chi connectivity index (χ0) is 12.6. The molecule has 1 rings (SSSR count). The Labute approximate surface area is 109 Å². The summed E-state index contributed by atoms with van der Waals surface area (Å²) in [6, 6.07) is 0. The van der Waals surface area contributed by atoms with Crippen LogP contribution in [0.3, 0.4) is 0 Å². The molecule has 7 heteroatoms. The molecule has 2 N–H and O–H groups in total. The minimum absolute atomic E-state index is 0. The summed E-state index contributed by atoms with van der Waals surface area (Å²) in [5.74, 6) is -0.245. The molecular formula is C10H21ClN2O3S. The van der Waals surface area contributed by atoms with Crippen LogP contribution in [-0.4, -0.2) is 49.4 Å². The fraction of sp³-hybridized carbons (Fsp3) is 0.900. The largest absolute Gasteiger partial charge is 0.340 e. The molecule has 1 atom stereocenters. The van der Waals surface area contributed by atoms with Gasteiger partial charge in [0, 0.05) is 25.6 Å². The van der Waals surface area contributed by atoms with E-state index in [-0.39, 0.29) is 43.1 Å². The summed E-state index contributed by atoms with van der Waals surface area (Å²) in [7, 11) is -3.08. The Hall–Kier alpha value is -0.330. The van der Waals surface area contributed by atoms with Crippen molar-refractivity contribution in [3.8, 4) is 0 Å². The average molecular weight is 285 g/mol. The molecule has 5 nitrogen and oxygen atoms in total. The van der Waals surface area contributed by atoms with Crippen molar-refractivity contribution in [2.24, 2.45) is 11.7 Å². The Morgan fingerprint density at radius 2 is 2.00 bits per heavy atom. The van der Waals surface area contributed by atoms with E-state index in [0.29, 0.717) is 6.54 Å². The first-order chi connectivity index (χ1) is 7.21. The molecule has 1 aliphatic rings. The second kappa shape index (κ2) is 5.54. The van der Waals surface area contributed by atoms with Gasteiger partial charge in [-0.2, -0.15) is 0 Å². The van der Waals surface area contributed by atoms with Crippen LogP contribution in [0.1, 0.15) is 20.8 Å². The highest BCUT2D eigenvalue weighted by Gasteiger charge is 2.41. The second-order valence-corrected chi connectivity index (χ2v) is 7.72. The van der Waals surface area contributed by atoms with Crippen LogP contribution in [0, 0.1) is 5.92 Å². The lowest BCUT2D eigenvalue weighted by Crippen LogP contribution is -2.56. The van der Waals surface area contributed by atoms with Crippen LogP contribution >= 0.6 is 12.4 Å². The number of rotatable bonds is 2. The number of halogens is 1. The van der Waals surface area contributed by atoms with Crippen molar-refractivity contribution in [2.75, 3.05) is 25.4 Å². The molecule has 102 valence electrons. The van der Waals surface area contributed by atoms with Gasteiger partial charge in [0.05, 0.1) is 10.5 Å². The smallest absolute Gasteiger partial charge is 0.226 e. The van der Waals surface area contributed by atoms with E-state index in [1.165, 1.54) is 0 Å². The first-order valence-electron chi connectivity index (χ1n) is 5.42. The molecule has 1 aliphatic heterocycles. The summed E-state index contributed by atoms with van der Waals surface area (Å²) in [4.78, 5) is 13.5. The number of nitrogens with two attached hydrogens (primary N) is 1. The van der Waals surface area contributed by atoms with Crippen LogP contribution in [0.5, 0.6) is 0 Å². The lowest BCUT2D eigenvalue weighted by atomic mass is 10.1. The zero-order valence-corrected chi connectivity index (χ0v) is 12.1. The number of nitrogens with zero attached hydrogens (tertiary/aromatic N) is 1. The van der Waals surface area contributed by atoms with Crippen LogP contribution < -0.4 is 5.73 Å². The van der Waals surface area contributed by atoms with E-state index in [1.807, 2.05) is 0 Å². The van der Waals surface area contributed by atoms with Crippen molar-refractivity contribution >= 4 is 28.2 Å². The molecular weight excluding hydrogens is 264 g/mol. The molecule has 0 aromatic carbocycles. The predicted molar refractivity (Wildman–Crippen MR) is 69.9 cm³/mol. The normalized spacial score (nSPS) is 23.6. The van der Waals surface area contributed by atoms with Gasteiger partial charge in [-0.1, -0.05) is 6.92 Å². The lowest BCUT2D eigenvalue weighted by Gasteiger charge is -2.38. The third kappa shape index (κ3) is 3.33. The van der Waals surface area contributed by atoms with Crippen LogP contribution in [0.25, 0.3) is 0 Å². The number of hydrogen-bond acceptors (Lipinski definition) is 4. The number of sulfone groups is 1. The van der Waals surface area contributed by atoms with Crippen LogP contribution in [0.4, 0.5) is 0 Å². The van der Waals surface area contributed by atoms with Crippen LogP contribution in [0.2, 0.25) is 0 Å². The van der Waals surface area contributed by atoms with E-state index < -0.39 is 14.6 Å². The minimum Gasteiger partial charge on any atom is -0.340 e. The molecule has 17 heavy (non-hydrogen) atoms. The second-order valence-electron chi connectivity index (χ2n) is 4.98. The molecule has 0 aliphatic carbocycles. The number of carbonyl (C=O) groups is 1. The van der Waals surface area contributed by atoms with Crippen molar-refractivity contribution in [2.45, 2.75) is 25.5 Å². The number of hydrogen-bond donors (Lipinski definition) is 1. The highest BCUT2D eigenvalue weighted by atomic mass is 35.5. The van der Waals surface area contributed by atoms with Crippen molar-refractivity contribution in [1.29, 1.82) is 0 Å². The first kappa shape index (κ1) is 16.7. The average Bonchev–Trinajstić information content (AvgIpc) is 2.20. The minimum atomic E-state index is -3.08. The Balaban J connectivity index is 0.00000256. The van der Waals surface area contributed by atoms with Gasteiger partial charge in [0.15, 0.2) is 9.84 Å². The molecule has 0 spiro atoms. The van der Waals surface area contributed by atoms with Crippen LogP contribution in [-0.2, 0) is 14.6 Å². The molecule has 1 unspecified atom stereocenters. The summed E-state index contributed by atoms with van der Waals surface area (Å²) in [5.41, 5.74) is 5.43. The molecule has 1 fully saturated rings. The highest BCUT2D eigenvalue weighted by Crippen LogP contribution is 2.24. The van der Waals surface area contributed by atoms with Gasteiger partial charge >= 0.3 is 0 Å². The van der Waals surface area contributed by atoms with Gasteiger partial charge in [-0.05, 0) is 13.8 Å². The lowest BCUT2D eigenvalue weighted by molar-refractivity contribution is -0.135. The Morgan fingerprint density at radius 3 is 2.41 bits per heavy atom. The van der Waals surface area contributed by atoms with E-state index in [0.717, 1.165) is 0 Å². The van der Waals surface area contributed by atoms with Gasteiger partial charge in [-0.25, -0.2) is 8.42 Å². The number of carbonyl (C=O) groups excluding carboxylic acids is 1. The molecule has 1 heterocycles. The fourth-order valence-electron chi connectivity index (χ4n) is 1.74. The predicted octanol–water partition coefficient (Wildman–Crippen LogP) is 0.0386. The topological polar surface area (TPSA) is 80.5 Å². The molecule has 0 aromatic rings. The molecule has 0 bridgehead atoms. The molecule has 0 saturated carbocycles. The van der Waals surface area contributed by atoms with Crippen molar-refractivity contribution in [3.63, 3.8) is 0 Å². The van der Waals surface area contributed by atoms with Gasteiger partial charge in [0.25, 0.3) is 0 Å². The summed E-state index contributed by atoms with van der Waals surface area (Å²) < 4.78 is 22.6. The molecule has 0 aromatic heterocycles. The molecule has 0 radical (unpaired) electrons. The maximum atomic E-state index is 11.9. The van der Waals surface area contributed by atoms with Gasteiger partial charge in [0.1, 0.15) is 0 Å². The van der Waals surface area contributed by atoms with E-state index in [1.54, 1.807) is 25.7 Å². The fourth-order valence-corrected chi connectivity index (χ4v) is 3.11. The summed E-state index contributed by atoms with van der Waals surface area (Å²) in [6.45, 7) is 5.93. The van der Waals surface area contributed by atoms with E-state index in [4.69, 9.17) is 5.73 Å². The van der Waals surface area contributed by atoms with Crippen LogP contribution in [0.15, 0.2) is 0 Å². The van der Waals surface area contributed by atoms with E-state index in [2.05, 4.69) is 0 Å². The first-order valence-corrected chi connectivity index (χ1v) is 7.07. The SMILES string of the molecule is CC(CN)C(=O)N1CCS(=O)(=O)C(C)(C)C1.Cl. The van der Waals surface area contributed by atoms with Crippen molar-refractivity contribution in [1.82, 2.24) is 4.90 Å². The third-order valence-electron chi connectivity index (χ3n) is 3.13. The van der Waals surface area contributed by atoms with Crippen molar-refractivity contribution < 1.29 is 13.2 Å². The standard InChI is InChI=1S/C10H20N2O3S.ClH/c1-8(6-11)9(13)12-4-5-16(14,15)10(2,3)7-12;/h8H,4-7,11H2,1-3H3;1H. The molecule has 1 saturated heterocycles. The monoisotopic (exact) mass is 284 g/mol. The van der Waals surface area contributed by atoms with E-state index >= 15 is 0 Å². The quantitative estimate of drug-likeness (QED) is 0.776. The molecule has 1 amide bonds. The van der Waals surface area contributed by atoms with E-state index in [9.17, 15) is 13.2 Å². The number of amides is 1. The van der Waals surface area contributed by atoms with Gasteiger partial charge in [-0.3, -0.25) is 4.79 Å². The Morgan fingerprint density at radius 1 is 1.47 bits per heavy atom. The summed E-state index contributed by atoms with van der Waals surface area (Å²) in [6.07, 6.45) is 0. The van der Waals surface area contributed by atoms with Gasteiger partial charge in [0.2, 0.25) is 5.91 Å². The Kier molecular flexibility index (Phi) is 5.43. The third-order valence-corrected chi connectivity index (χ3v) is 5.66. The maximum Gasteiger partial charge on any atom is 0.226 e. The Bertz CT molecular complexity index is 381. The van der Waals surface area contributed by atoms with Gasteiger partial charge < -0.3 is 10.6 Å². The highest BCUT2D eigenvalue weighted by molar-refractivity contribution is 7.92. The van der Waals surface area contributed by atoms with Gasteiger partial charge in [-0.15, -0.1) is 12.4 Å². The maximum absolute atomic E-state index is 11.9. The zero-order valence-electron chi connectivity index (χ0n) is 10.5. The van der Waals surface area contributed by atoms with Crippen molar-refractivity contribution in [3.05, 3.63) is 0 Å². The summed E-state index contributed by atoms with van der Waals surface area (Å²) >= 11 is 0. The summed E-state index contributed by atoms with van der Waals surface area (Å²) in [5, 5.41) is 0.